The van der Waals surface area contributed by atoms with Crippen LogP contribution in [-0.4, -0.2) is 96.7 Å². The summed E-state index contributed by atoms with van der Waals surface area (Å²) in [7, 11) is -9.91. The van der Waals surface area contributed by atoms with Gasteiger partial charge in [-0.2, -0.15) is 0 Å². The van der Waals surface area contributed by atoms with Gasteiger partial charge >= 0.3 is 39.5 Å². The average Bonchev–Trinajstić information content (AvgIpc) is 1.51. The lowest BCUT2D eigenvalue weighted by Gasteiger charge is -2.21. The highest BCUT2D eigenvalue weighted by Crippen LogP contribution is 2.45. The molecule has 0 aliphatic rings. The van der Waals surface area contributed by atoms with E-state index in [4.69, 9.17) is 37.0 Å². The molecule has 0 spiro atoms. The van der Waals surface area contributed by atoms with Crippen LogP contribution in [0.4, 0.5) is 0 Å². The van der Waals surface area contributed by atoms with Gasteiger partial charge in [-0.25, -0.2) is 9.13 Å². The number of ether oxygens (including phenoxy) is 4. The summed E-state index contributed by atoms with van der Waals surface area (Å²) in [5, 5.41) is 10.6. The van der Waals surface area contributed by atoms with E-state index in [1.54, 1.807) is 0 Å². The number of carbonyl (C=O) groups is 4. The standard InChI is InChI=1S/C78H152O17P2/c1-6-10-13-16-19-22-25-27-28-29-34-37-42-47-52-57-62-76(81)89-68-74(95-78(83)64-59-54-49-44-39-35-31-30-33-36-40-45-50-55-60-71(5)9-4)70-93-97(86,87)91-66-72(79)65-90-96(84,85)92-69-73(67-88-75(80)61-56-51-46-41-24-21-18-15-12-8-3)94-77(82)63-58-53-48-43-38-32-26-23-20-17-14-11-7-2/h71-74,79H,6-70H2,1-5H3,(H,84,85)(H,86,87)/t71?,72-,73+,74+/m0/s1. The number of carbonyl (C=O) groups excluding carboxylic acids is 4. The van der Waals surface area contributed by atoms with Crippen LogP contribution in [0.15, 0.2) is 0 Å². The maximum absolute atomic E-state index is 13.1. The third kappa shape index (κ3) is 70.9. The van der Waals surface area contributed by atoms with Crippen LogP contribution in [0.25, 0.3) is 0 Å². The molecule has 97 heavy (non-hydrogen) atoms. The molecule has 576 valence electrons. The van der Waals surface area contributed by atoms with E-state index in [0.29, 0.717) is 25.7 Å². The van der Waals surface area contributed by atoms with E-state index in [2.05, 4.69) is 34.6 Å². The molecular weight excluding hydrogens is 1270 g/mol. The first-order valence-corrected chi connectivity index (χ1v) is 43.7. The first-order valence-electron chi connectivity index (χ1n) is 40.7. The summed E-state index contributed by atoms with van der Waals surface area (Å²) in [5.41, 5.74) is 0. The van der Waals surface area contributed by atoms with E-state index in [0.717, 1.165) is 95.8 Å². The van der Waals surface area contributed by atoms with Gasteiger partial charge in [-0.15, -0.1) is 0 Å². The zero-order valence-electron chi connectivity index (χ0n) is 63.2. The molecule has 3 unspecified atom stereocenters. The fourth-order valence-corrected chi connectivity index (χ4v) is 13.6. The number of rotatable bonds is 78. The monoisotopic (exact) mass is 1420 g/mol. The molecular formula is C78H152O17P2. The van der Waals surface area contributed by atoms with Gasteiger partial charge in [0.1, 0.15) is 19.3 Å². The molecule has 0 aliphatic heterocycles. The number of aliphatic hydroxyl groups is 1. The van der Waals surface area contributed by atoms with Gasteiger partial charge < -0.3 is 33.8 Å². The first-order chi connectivity index (χ1) is 47.1. The summed E-state index contributed by atoms with van der Waals surface area (Å²) < 4.78 is 68.6. The van der Waals surface area contributed by atoms with Crippen molar-refractivity contribution in [2.75, 3.05) is 39.6 Å². The molecule has 0 aliphatic carbocycles. The number of hydrogen-bond donors (Lipinski definition) is 3. The van der Waals surface area contributed by atoms with E-state index in [1.807, 2.05) is 0 Å². The van der Waals surface area contributed by atoms with Gasteiger partial charge in [0.25, 0.3) is 0 Å². The van der Waals surface area contributed by atoms with Gasteiger partial charge in [0.2, 0.25) is 0 Å². The van der Waals surface area contributed by atoms with E-state index in [9.17, 15) is 43.2 Å². The fraction of sp³-hybridized carbons (Fsp3) is 0.949. The minimum Gasteiger partial charge on any atom is -0.462 e. The lowest BCUT2D eigenvalue weighted by atomic mass is 9.99. The van der Waals surface area contributed by atoms with Crippen molar-refractivity contribution in [2.24, 2.45) is 5.92 Å². The molecule has 6 atom stereocenters. The largest absolute Gasteiger partial charge is 0.472 e. The predicted molar refractivity (Wildman–Crippen MR) is 395 cm³/mol. The van der Waals surface area contributed by atoms with Crippen LogP contribution in [0, 0.1) is 5.92 Å². The van der Waals surface area contributed by atoms with Crippen LogP contribution in [0.2, 0.25) is 0 Å². The molecule has 0 aromatic carbocycles. The van der Waals surface area contributed by atoms with Crippen molar-refractivity contribution in [1.29, 1.82) is 0 Å². The Kier molecular flexibility index (Phi) is 69.6. The third-order valence-corrected chi connectivity index (χ3v) is 20.5. The molecule has 0 radical (unpaired) electrons. The van der Waals surface area contributed by atoms with E-state index < -0.39 is 97.5 Å². The van der Waals surface area contributed by atoms with Crippen LogP contribution < -0.4 is 0 Å². The van der Waals surface area contributed by atoms with Crippen molar-refractivity contribution < 1.29 is 80.2 Å². The van der Waals surface area contributed by atoms with Gasteiger partial charge in [-0.3, -0.25) is 37.3 Å². The maximum Gasteiger partial charge on any atom is 0.472 e. The summed E-state index contributed by atoms with van der Waals surface area (Å²) in [5.74, 6) is -1.26. The van der Waals surface area contributed by atoms with Crippen molar-refractivity contribution in [3.8, 4) is 0 Å². The van der Waals surface area contributed by atoms with Gasteiger partial charge in [0.15, 0.2) is 12.2 Å². The molecule has 19 heteroatoms. The Labute approximate surface area is 594 Å². The van der Waals surface area contributed by atoms with Gasteiger partial charge in [-0.05, 0) is 31.6 Å². The highest BCUT2D eigenvalue weighted by Gasteiger charge is 2.30. The van der Waals surface area contributed by atoms with Crippen LogP contribution in [-0.2, 0) is 65.4 Å². The quantitative estimate of drug-likeness (QED) is 0.0222. The third-order valence-electron chi connectivity index (χ3n) is 18.6. The van der Waals surface area contributed by atoms with Crippen molar-refractivity contribution in [2.45, 2.75) is 432 Å². The number of hydrogen-bond acceptors (Lipinski definition) is 15. The second-order valence-corrected chi connectivity index (χ2v) is 31.3. The zero-order valence-corrected chi connectivity index (χ0v) is 65.0. The molecule has 0 aromatic rings. The van der Waals surface area contributed by atoms with Crippen molar-refractivity contribution in [3.05, 3.63) is 0 Å². The highest BCUT2D eigenvalue weighted by atomic mass is 31.2. The van der Waals surface area contributed by atoms with E-state index in [1.165, 1.54) is 238 Å². The molecule has 3 N–H and O–H groups in total. The van der Waals surface area contributed by atoms with Crippen LogP contribution in [0.5, 0.6) is 0 Å². The summed E-state index contributed by atoms with van der Waals surface area (Å²) in [6, 6.07) is 0. The van der Waals surface area contributed by atoms with Gasteiger partial charge in [-0.1, -0.05) is 362 Å². The second-order valence-electron chi connectivity index (χ2n) is 28.3. The minimum absolute atomic E-state index is 0.108. The first kappa shape index (κ1) is 95.1. The number of phosphoric ester groups is 2. The highest BCUT2D eigenvalue weighted by molar-refractivity contribution is 7.47. The van der Waals surface area contributed by atoms with E-state index >= 15 is 0 Å². The second kappa shape index (κ2) is 71.1. The summed E-state index contributed by atoms with van der Waals surface area (Å²) in [4.78, 5) is 72.9. The average molecular weight is 1420 g/mol. The molecule has 0 aromatic heterocycles. The Hall–Kier alpha value is -1.94. The maximum atomic E-state index is 13.1. The van der Waals surface area contributed by atoms with Crippen LogP contribution in [0.3, 0.4) is 0 Å². The lowest BCUT2D eigenvalue weighted by Crippen LogP contribution is -2.30. The predicted octanol–water partition coefficient (Wildman–Crippen LogP) is 23.3. The molecule has 0 rings (SSSR count). The summed E-state index contributed by atoms with van der Waals surface area (Å²) in [6.07, 6.45) is 60.8. The Morgan fingerprint density at radius 1 is 0.289 bits per heavy atom. The Balaban J connectivity index is 5.24. The smallest absolute Gasteiger partial charge is 0.462 e. The van der Waals surface area contributed by atoms with Gasteiger partial charge in [0, 0.05) is 25.7 Å². The molecule has 0 saturated heterocycles. The van der Waals surface area contributed by atoms with E-state index in [-0.39, 0.29) is 25.7 Å². The Morgan fingerprint density at radius 3 is 0.732 bits per heavy atom. The Bertz CT molecular complexity index is 1860. The Morgan fingerprint density at radius 2 is 0.495 bits per heavy atom. The number of unbranched alkanes of at least 4 members (excludes halogenated alkanes) is 49. The molecule has 0 fully saturated rings. The number of esters is 4. The van der Waals surface area contributed by atoms with Crippen molar-refractivity contribution >= 4 is 39.5 Å². The lowest BCUT2D eigenvalue weighted by molar-refractivity contribution is -0.161. The number of phosphoric acid groups is 2. The van der Waals surface area contributed by atoms with Crippen LogP contribution in [0.1, 0.15) is 413 Å². The van der Waals surface area contributed by atoms with Crippen molar-refractivity contribution in [1.82, 2.24) is 0 Å². The van der Waals surface area contributed by atoms with Crippen molar-refractivity contribution in [3.63, 3.8) is 0 Å². The van der Waals surface area contributed by atoms with Crippen LogP contribution >= 0.6 is 15.6 Å². The molecule has 0 amide bonds. The number of aliphatic hydroxyl groups excluding tert-OH is 1. The molecule has 0 bridgehead atoms. The minimum atomic E-state index is -4.96. The zero-order chi connectivity index (χ0) is 71.2. The summed E-state index contributed by atoms with van der Waals surface area (Å²) in [6.45, 7) is 7.36. The fourth-order valence-electron chi connectivity index (χ4n) is 12.0. The SMILES string of the molecule is CCCCCCCCCCCCCCCCCCC(=O)OC[C@H](COP(=O)(O)OC[C@@H](O)COP(=O)(O)OC[C@@H](COC(=O)CCCCCCCCCCCC)OC(=O)CCCCCCCCCCCCCCC)OC(=O)CCCCCCCCCCCCCCCCC(C)CC. The van der Waals surface area contributed by atoms with Gasteiger partial charge in [0.05, 0.1) is 26.4 Å². The molecule has 17 nitrogen and oxygen atoms in total. The molecule has 0 heterocycles. The molecule has 0 saturated carbocycles. The normalized spacial score (nSPS) is 14.2. The summed E-state index contributed by atoms with van der Waals surface area (Å²) >= 11 is 0. The topological polar surface area (TPSA) is 237 Å².